The summed E-state index contributed by atoms with van der Waals surface area (Å²) in [6, 6.07) is 6.38. The van der Waals surface area contributed by atoms with Gasteiger partial charge in [0.2, 0.25) is 0 Å². The van der Waals surface area contributed by atoms with Gasteiger partial charge in [0.15, 0.2) is 0 Å². The summed E-state index contributed by atoms with van der Waals surface area (Å²) in [5, 5.41) is 19.6. The molecule has 1 saturated heterocycles. The molecule has 1 unspecified atom stereocenters. The summed E-state index contributed by atoms with van der Waals surface area (Å²) in [7, 11) is 0. The number of non-ortho nitro benzene ring substituents is 1. The third-order valence-corrected chi connectivity index (χ3v) is 3.95. The first-order valence-corrected chi connectivity index (χ1v) is 6.62. The van der Waals surface area contributed by atoms with E-state index in [9.17, 15) is 10.1 Å². The minimum Gasteiger partial charge on any atom is -0.377 e. The van der Waals surface area contributed by atoms with Crippen LogP contribution in [0.3, 0.4) is 0 Å². The Morgan fingerprint density at radius 1 is 1.61 bits per heavy atom. The van der Waals surface area contributed by atoms with Crippen molar-refractivity contribution in [2.45, 2.75) is 23.8 Å². The number of hydrogen-bond acceptors (Lipinski definition) is 5. The lowest BCUT2D eigenvalue weighted by Crippen LogP contribution is -2.07. The molecule has 0 N–H and O–H groups in total. The third kappa shape index (κ3) is 3.00. The predicted molar refractivity (Wildman–Crippen MR) is 67.5 cm³/mol. The minimum atomic E-state index is -0.491. The molecule has 5 nitrogen and oxygen atoms in total. The molecule has 0 aliphatic carbocycles. The van der Waals surface area contributed by atoms with Gasteiger partial charge in [-0.2, -0.15) is 5.26 Å². The molecule has 1 aliphatic rings. The standard InChI is InChI=1S/C12H12N2O3S/c13-7-9-6-10(14(15)16)3-4-12(9)18-8-11-2-1-5-17-11/h3-4,6,11H,1-2,5,8H2. The van der Waals surface area contributed by atoms with E-state index in [1.54, 1.807) is 6.07 Å². The minimum absolute atomic E-state index is 0.0481. The second kappa shape index (κ2) is 5.85. The van der Waals surface area contributed by atoms with Gasteiger partial charge in [0.05, 0.1) is 16.6 Å². The van der Waals surface area contributed by atoms with E-state index < -0.39 is 4.92 Å². The van der Waals surface area contributed by atoms with Crippen LogP contribution >= 0.6 is 11.8 Å². The van der Waals surface area contributed by atoms with E-state index in [1.165, 1.54) is 23.9 Å². The van der Waals surface area contributed by atoms with Crippen LogP contribution in [0.5, 0.6) is 0 Å². The van der Waals surface area contributed by atoms with E-state index in [1.807, 2.05) is 6.07 Å². The molecule has 0 saturated carbocycles. The van der Waals surface area contributed by atoms with Crippen LogP contribution in [0.25, 0.3) is 0 Å². The van der Waals surface area contributed by atoms with E-state index >= 15 is 0 Å². The highest BCUT2D eigenvalue weighted by Gasteiger charge is 2.17. The highest BCUT2D eigenvalue weighted by Crippen LogP contribution is 2.28. The van der Waals surface area contributed by atoms with Crippen LogP contribution in [0, 0.1) is 21.4 Å². The Bertz CT molecular complexity index is 493. The zero-order valence-electron chi connectivity index (χ0n) is 9.67. The van der Waals surface area contributed by atoms with Gasteiger partial charge in [-0.1, -0.05) is 0 Å². The van der Waals surface area contributed by atoms with Crippen molar-refractivity contribution in [3.8, 4) is 6.07 Å². The van der Waals surface area contributed by atoms with Crippen molar-refractivity contribution in [1.29, 1.82) is 5.26 Å². The first-order chi connectivity index (χ1) is 8.70. The highest BCUT2D eigenvalue weighted by molar-refractivity contribution is 7.99. The largest absolute Gasteiger partial charge is 0.377 e. The second-order valence-corrected chi connectivity index (χ2v) is 5.06. The third-order valence-electron chi connectivity index (χ3n) is 2.74. The van der Waals surface area contributed by atoms with Crippen molar-refractivity contribution in [3.63, 3.8) is 0 Å². The first kappa shape index (κ1) is 12.9. The van der Waals surface area contributed by atoms with E-state index in [0.29, 0.717) is 5.56 Å². The van der Waals surface area contributed by atoms with Gasteiger partial charge in [-0.3, -0.25) is 10.1 Å². The van der Waals surface area contributed by atoms with Gasteiger partial charge in [0.25, 0.3) is 5.69 Å². The number of rotatable bonds is 4. The van der Waals surface area contributed by atoms with Crippen LogP contribution in [0.2, 0.25) is 0 Å². The van der Waals surface area contributed by atoms with Gasteiger partial charge in [-0.15, -0.1) is 11.8 Å². The van der Waals surface area contributed by atoms with Crippen LogP contribution in [0.4, 0.5) is 5.69 Å². The summed E-state index contributed by atoms with van der Waals surface area (Å²) >= 11 is 1.52. The lowest BCUT2D eigenvalue weighted by molar-refractivity contribution is -0.384. The Morgan fingerprint density at radius 3 is 3.06 bits per heavy atom. The Balaban J connectivity index is 2.07. The highest BCUT2D eigenvalue weighted by atomic mass is 32.2. The Kier molecular flexibility index (Phi) is 4.18. The number of nitrogens with zero attached hydrogens (tertiary/aromatic N) is 2. The molecule has 1 aromatic carbocycles. The van der Waals surface area contributed by atoms with E-state index in [-0.39, 0.29) is 11.8 Å². The Hall–Kier alpha value is -1.58. The maximum absolute atomic E-state index is 10.6. The van der Waals surface area contributed by atoms with E-state index in [0.717, 1.165) is 30.1 Å². The number of nitro benzene ring substituents is 1. The molecule has 2 rings (SSSR count). The summed E-state index contributed by atoms with van der Waals surface area (Å²) < 4.78 is 5.50. The molecule has 1 fully saturated rings. The molecular weight excluding hydrogens is 252 g/mol. The van der Waals surface area contributed by atoms with Gasteiger partial charge < -0.3 is 4.74 Å². The zero-order valence-corrected chi connectivity index (χ0v) is 10.5. The molecule has 0 bridgehead atoms. The van der Waals surface area contributed by atoms with Crippen LogP contribution in [-0.4, -0.2) is 23.4 Å². The quantitative estimate of drug-likeness (QED) is 0.475. The Labute approximate surface area is 109 Å². The van der Waals surface area contributed by atoms with Crippen LogP contribution in [-0.2, 0) is 4.74 Å². The van der Waals surface area contributed by atoms with Crippen LogP contribution in [0.15, 0.2) is 23.1 Å². The van der Waals surface area contributed by atoms with E-state index in [4.69, 9.17) is 10.00 Å². The van der Waals surface area contributed by atoms with Crippen molar-refractivity contribution in [1.82, 2.24) is 0 Å². The molecule has 94 valence electrons. The van der Waals surface area contributed by atoms with Gasteiger partial charge in [-0.05, 0) is 18.9 Å². The average molecular weight is 264 g/mol. The topological polar surface area (TPSA) is 76.2 Å². The molecule has 1 atom stereocenters. The fraction of sp³-hybridized carbons (Fsp3) is 0.417. The van der Waals surface area contributed by atoms with Crippen LogP contribution in [0.1, 0.15) is 18.4 Å². The molecule has 0 amide bonds. The number of nitro groups is 1. The molecule has 18 heavy (non-hydrogen) atoms. The molecule has 6 heteroatoms. The van der Waals surface area contributed by atoms with Gasteiger partial charge in [0, 0.05) is 29.4 Å². The molecule has 0 aromatic heterocycles. The smallest absolute Gasteiger partial charge is 0.270 e. The number of ether oxygens (including phenoxy) is 1. The number of nitriles is 1. The maximum Gasteiger partial charge on any atom is 0.270 e. The van der Waals surface area contributed by atoms with Gasteiger partial charge in [-0.25, -0.2) is 0 Å². The summed E-state index contributed by atoms with van der Waals surface area (Å²) in [4.78, 5) is 10.9. The second-order valence-electron chi connectivity index (χ2n) is 4.00. The van der Waals surface area contributed by atoms with Crippen molar-refractivity contribution in [2.75, 3.05) is 12.4 Å². The zero-order chi connectivity index (χ0) is 13.0. The normalized spacial score (nSPS) is 18.5. The summed E-state index contributed by atoms with van der Waals surface area (Å²) in [6.45, 7) is 0.802. The lowest BCUT2D eigenvalue weighted by Gasteiger charge is -2.09. The van der Waals surface area contributed by atoms with Crippen LogP contribution < -0.4 is 0 Å². The van der Waals surface area contributed by atoms with Gasteiger partial charge in [0.1, 0.15) is 6.07 Å². The maximum atomic E-state index is 10.6. The first-order valence-electron chi connectivity index (χ1n) is 5.63. The summed E-state index contributed by atoms with van der Waals surface area (Å²) in [5.41, 5.74) is 0.306. The Morgan fingerprint density at radius 2 is 2.44 bits per heavy atom. The summed E-state index contributed by atoms with van der Waals surface area (Å²) in [5.74, 6) is 0.784. The molecule has 0 spiro atoms. The van der Waals surface area contributed by atoms with Crippen molar-refractivity contribution < 1.29 is 9.66 Å². The number of benzene rings is 1. The SMILES string of the molecule is N#Cc1cc([N+](=O)[O-])ccc1SCC1CCCO1. The monoisotopic (exact) mass is 264 g/mol. The molecule has 1 aromatic rings. The molecule has 1 aliphatic heterocycles. The van der Waals surface area contributed by atoms with Crippen molar-refractivity contribution in [2.24, 2.45) is 0 Å². The van der Waals surface area contributed by atoms with Crippen molar-refractivity contribution in [3.05, 3.63) is 33.9 Å². The van der Waals surface area contributed by atoms with Crippen molar-refractivity contribution >= 4 is 17.4 Å². The number of hydrogen-bond donors (Lipinski definition) is 0. The number of thioether (sulfide) groups is 1. The fourth-order valence-electron chi connectivity index (χ4n) is 1.80. The lowest BCUT2D eigenvalue weighted by atomic mass is 10.2. The molecular formula is C12H12N2O3S. The van der Waals surface area contributed by atoms with E-state index in [2.05, 4.69) is 0 Å². The fourth-order valence-corrected chi connectivity index (χ4v) is 2.86. The average Bonchev–Trinajstić information content (AvgIpc) is 2.89. The predicted octanol–water partition coefficient (Wildman–Crippen LogP) is 2.74. The summed E-state index contributed by atoms with van der Waals surface area (Å²) in [6.07, 6.45) is 2.36. The molecule has 1 heterocycles. The van der Waals surface area contributed by atoms with Gasteiger partial charge >= 0.3 is 0 Å². The molecule has 0 radical (unpaired) electrons.